The summed E-state index contributed by atoms with van der Waals surface area (Å²) in [5.41, 5.74) is 5.95. The minimum Gasteiger partial charge on any atom is -0.394 e. The van der Waals surface area contributed by atoms with Crippen molar-refractivity contribution < 1.29 is 18.0 Å². The molecule has 0 fully saturated rings. The fourth-order valence-electron chi connectivity index (χ4n) is 3.61. The molecule has 2 aromatic rings. The predicted molar refractivity (Wildman–Crippen MR) is 119 cm³/mol. The first kappa shape index (κ1) is 23.1. The zero-order valence-corrected chi connectivity index (χ0v) is 18.3. The van der Waals surface area contributed by atoms with E-state index in [1.165, 1.54) is 23.6 Å². The van der Waals surface area contributed by atoms with Crippen LogP contribution in [0.1, 0.15) is 34.4 Å². The van der Waals surface area contributed by atoms with E-state index < -0.39 is 11.9 Å². The average Bonchev–Trinajstić information content (AvgIpc) is 3.12. The number of carbonyl (C=O) groups is 1. The van der Waals surface area contributed by atoms with Crippen molar-refractivity contribution in [2.45, 2.75) is 25.6 Å². The molecule has 0 saturated carbocycles. The van der Waals surface area contributed by atoms with E-state index >= 15 is 0 Å². The summed E-state index contributed by atoms with van der Waals surface area (Å²) < 4.78 is 41.1. The molecule has 164 valence electrons. The number of carbonyl (C=O) groups excluding carboxylic acids is 1. The van der Waals surface area contributed by atoms with Gasteiger partial charge >= 0.3 is 6.18 Å². The van der Waals surface area contributed by atoms with Crippen LogP contribution in [0.2, 0.25) is 4.34 Å². The third kappa shape index (κ3) is 4.85. The van der Waals surface area contributed by atoms with Crippen LogP contribution >= 0.6 is 22.9 Å². The van der Waals surface area contributed by atoms with E-state index in [9.17, 15) is 18.0 Å². The number of rotatable bonds is 5. The van der Waals surface area contributed by atoms with E-state index in [-0.39, 0.29) is 23.9 Å². The summed E-state index contributed by atoms with van der Waals surface area (Å²) in [7, 11) is 0. The van der Waals surface area contributed by atoms with Crippen molar-refractivity contribution in [3.63, 3.8) is 0 Å². The Hall–Kier alpha value is -2.58. The second-order valence-corrected chi connectivity index (χ2v) is 8.71. The molecule has 4 nitrogen and oxygen atoms in total. The molecule has 1 aromatic heterocycles. The Morgan fingerprint density at radius 1 is 1.39 bits per heavy atom. The van der Waals surface area contributed by atoms with Crippen molar-refractivity contribution >= 4 is 40.6 Å². The summed E-state index contributed by atoms with van der Waals surface area (Å²) in [5, 5.41) is 0. The highest BCUT2D eigenvalue weighted by Gasteiger charge is 2.36. The standard InChI is InChI=1S/C22H21ClF3N3OS/c1-3-20(30)29-11-17(15-9-19(23)31-18(15)12-29)14-8-6-5-7-13(14)16(10-28-4-2)21(27)22(24,25)26/h3,5-10,17H,1,4,11-12,27H2,2H3/b21-16+,28-10?/t17-/m0/s1. The van der Waals surface area contributed by atoms with Crippen molar-refractivity contribution in [2.75, 3.05) is 13.1 Å². The van der Waals surface area contributed by atoms with Crippen LogP contribution in [0, 0.1) is 0 Å². The molecule has 0 saturated heterocycles. The molecule has 1 atom stereocenters. The molecule has 1 aromatic carbocycles. The number of thiophene rings is 1. The molecule has 2 heterocycles. The fourth-order valence-corrected chi connectivity index (χ4v) is 4.97. The fraction of sp³-hybridized carbons (Fsp3) is 0.273. The van der Waals surface area contributed by atoms with Gasteiger partial charge in [0, 0.05) is 35.7 Å². The van der Waals surface area contributed by atoms with Gasteiger partial charge in [-0.25, -0.2) is 0 Å². The molecule has 3 rings (SSSR count). The smallest absolute Gasteiger partial charge is 0.394 e. The van der Waals surface area contributed by atoms with Crippen molar-refractivity contribution in [3.8, 4) is 0 Å². The van der Waals surface area contributed by atoms with E-state index in [4.69, 9.17) is 17.3 Å². The molecular formula is C22H21ClF3N3OS. The first-order valence-electron chi connectivity index (χ1n) is 9.52. The van der Waals surface area contributed by atoms with Crippen LogP contribution in [-0.4, -0.2) is 36.3 Å². The van der Waals surface area contributed by atoms with Gasteiger partial charge < -0.3 is 10.6 Å². The van der Waals surface area contributed by atoms with Gasteiger partial charge in [-0.15, -0.1) is 11.3 Å². The number of alkyl halides is 3. The monoisotopic (exact) mass is 467 g/mol. The Labute approximate surface area is 187 Å². The van der Waals surface area contributed by atoms with Gasteiger partial charge in [0.1, 0.15) is 5.70 Å². The first-order chi connectivity index (χ1) is 14.7. The van der Waals surface area contributed by atoms with Crippen LogP contribution in [0.15, 0.2) is 53.7 Å². The molecule has 0 unspecified atom stereocenters. The van der Waals surface area contributed by atoms with Gasteiger partial charge in [0.2, 0.25) is 5.91 Å². The molecule has 1 amide bonds. The number of hydrogen-bond donors (Lipinski definition) is 1. The Balaban J connectivity index is 2.21. The lowest BCUT2D eigenvalue weighted by molar-refractivity contribution is -0.127. The topological polar surface area (TPSA) is 58.7 Å². The molecule has 31 heavy (non-hydrogen) atoms. The van der Waals surface area contributed by atoms with Crippen molar-refractivity contribution in [1.82, 2.24) is 4.90 Å². The van der Waals surface area contributed by atoms with Crippen molar-refractivity contribution in [1.29, 1.82) is 0 Å². The Bertz CT molecular complexity index is 1060. The zero-order chi connectivity index (χ0) is 22.8. The number of fused-ring (bicyclic) bond motifs is 1. The van der Waals surface area contributed by atoms with Gasteiger partial charge in [-0.05, 0) is 35.8 Å². The molecule has 0 radical (unpaired) electrons. The predicted octanol–water partition coefficient (Wildman–Crippen LogP) is 5.38. The van der Waals surface area contributed by atoms with Crippen LogP contribution in [0.3, 0.4) is 0 Å². The first-order valence-corrected chi connectivity index (χ1v) is 10.7. The number of nitrogens with two attached hydrogens (primary N) is 1. The molecule has 1 aliphatic rings. The third-order valence-electron chi connectivity index (χ3n) is 5.04. The Morgan fingerprint density at radius 3 is 2.74 bits per heavy atom. The third-order valence-corrected chi connectivity index (χ3v) is 6.30. The molecular weight excluding hydrogens is 447 g/mol. The highest BCUT2D eigenvalue weighted by molar-refractivity contribution is 7.16. The number of benzene rings is 1. The van der Waals surface area contributed by atoms with E-state index in [0.717, 1.165) is 10.4 Å². The molecule has 0 bridgehead atoms. The molecule has 0 aliphatic carbocycles. The number of amides is 1. The van der Waals surface area contributed by atoms with Crippen LogP contribution in [-0.2, 0) is 11.3 Å². The minimum atomic E-state index is -4.71. The van der Waals surface area contributed by atoms with Gasteiger partial charge in [0.15, 0.2) is 0 Å². The summed E-state index contributed by atoms with van der Waals surface area (Å²) >= 11 is 7.59. The maximum absolute atomic E-state index is 13.5. The number of halogens is 4. The summed E-state index contributed by atoms with van der Waals surface area (Å²) in [6, 6.07) is 8.56. The summed E-state index contributed by atoms with van der Waals surface area (Å²) in [4.78, 5) is 18.9. The number of allylic oxidation sites excluding steroid dienone is 2. The molecule has 1 aliphatic heterocycles. The van der Waals surface area contributed by atoms with Crippen LogP contribution in [0.25, 0.3) is 5.57 Å². The minimum absolute atomic E-state index is 0.194. The number of nitrogens with zero attached hydrogens (tertiary/aromatic N) is 2. The molecule has 0 spiro atoms. The lowest BCUT2D eigenvalue weighted by atomic mass is 9.83. The summed E-state index contributed by atoms with van der Waals surface area (Å²) in [6.07, 6.45) is -2.32. The van der Waals surface area contributed by atoms with Gasteiger partial charge in [-0.1, -0.05) is 42.4 Å². The van der Waals surface area contributed by atoms with Crippen LogP contribution in [0.4, 0.5) is 13.2 Å². The summed E-state index contributed by atoms with van der Waals surface area (Å²) in [5.74, 6) is -0.630. The van der Waals surface area contributed by atoms with Gasteiger partial charge in [-0.2, -0.15) is 13.2 Å². The Kier molecular flexibility index (Phi) is 6.91. The van der Waals surface area contributed by atoms with Gasteiger partial charge in [0.05, 0.1) is 10.9 Å². The van der Waals surface area contributed by atoms with E-state index in [0.29, 0.717) is 28.6 Å². The molecule has 2 N–H and O–H groups in total. The van der Waals surface area contributed by atoms with Crippen molar-refractivity contribution in [3.05, 3.63) is 74.6 Å². The largest absolute Gasteiger partial charge is 0.431 e. The van der Waals surface area contributed by atoms with E-state index in [2.05, 4.69) is 11.6 Å². The lowest BCUT2D eigenvalue weighted by Gasteiger charge is -2.33. The van der Waals surface area contributed by atoms with E-state index in [1.807, 2.05) is 6.07 Å². The lowest BCUT2D eigenvalue weighted by Crippen LogP contribution is -2.37. The normalized spacial score (nSPS) is 17.5. The second-order valence-electron chi connectivity index (χ2n) is 6.94. The van der Waals surface area contributed by atoms with E-state index in [1.54, 1.807) is 36.1 Å². The quantitative estimate of drug-likeness (QED) is 0.473. The number of aliphatic imine (C=N–C) groups is 1. The SMILES string of the molecule is C=CC(=O)N1Cc2sc(Cl)cc2[C@H](c2ccccc2/C(C=NCC)=C(/N)C(F)(F)F)C1. The maximum atomic E-state index is 13.5. The average molecular weight is 468 g/mol. The summed E-state index contributed by atoms with van der Waals surface area (Å²) in [6.45, 7) is 6.24. The van der Waals surface area contributed by atoms with Crippen LogP contribution in [0.5, 0.6) is 0 Å². The molecule has 9 heteroatoms. The number of hydrogen-bond acceptors (Lipinski definition) is 4. The van der Waals surface area contributed by atoms with Crippen molar-refractivity contribution in [2.24, 2.45) is 10.7 Å². The van der Waals surface area contributed by atoms with Crippen LogP contribution < -0.4 is 5.73 Å². The maximum Gasteiger partial charge on any atom is 0.431 e. The Morgan fingerprint density at radius 2 is 2.10 bits per heavy atom. The second kappa shape index (κ2) is 9.28. The highest BCUT2D eigenvalue weighted by Crippen LogP contribution is 2.42. The van der Waals surface area contributed by atoms with Gasteiger partial charge in [-0.3, -0.25) is 9.79 Å². The highest BCUT2D eigenvalue weighted by atomic mass is 35.5. The van der Waals surface area contributed by atoms with Gasteiger partial charge in [0.25, 0.3) is 0 Å². The zero-order valence-electron chi connectivity index (χ0n) is 16.7.